The molecule has 0 fully saturated rings. The zero-order chi connectivity index (χ0) is 21.5. The van der Waals surface area contributed by atoms with E-state index in [-0.39, 0.29) is 12.3 Å². The van der Waals surface area contributed by atoms with Crippen molar-refractivity contribution in [3.05, 3.63) is 0 Å². The van der Waals surface area contributed by atoms with Gasteiger partial charge >= 0.3 is 15.2 Å². The molecule has 0 saturated carbocycles. The van der Waals surface area contributed by atoms with Crippen LogP contribution in [-0.4, -0.2) is 35.3 Å². The molecule has 2 N–H and O–H groups in total. The van der Waals surface area contributed by atoms with Crippen LogP contribution < -0.4 is 0 Å². The van der Waals surface area contributed by atoms with Crippen LogP contribution in [0.25, 0.3) is 0 Å². The largest absolute Gasteiger partial charge is 0.330 e. The first-order valence-corrected chi connectivity index (χ1v) is 14.6. The quantitative estimate of drug-likeness (QED) is 0.173. The molecule has 170 valence electrons. The predicted molar refractivity (Wildman–Crippen MR) is 117 cm³/mol. The molecule has 6 nitrogen and oxygen atoms in total. The molecule has 0 radical (unpaired) electrons. The van der Waals surface area contributed by atoms with Crippen molar-refractivity contribution in [1.29, 1.82) is 0 Å². The van der Waals surface area contributed by atoms with Gasteiger partial charge < -0.3 is 18.8 Å². The Morgan fingerprint density at radius 2 is 1.14 bits per heavy atom. The van der Waals surface area contributed by atoms with Gasteiger partial charge in [-0.2, -0.15) is 0 Å². The molecule has 0 saturated heterocycles. The Morgan fingerprint density at radius 3 is 1.50 bits per heavy atom. The first kappa shape index (κ1) is 28.3. The van der Waals surface area contributed by atoms with E-state index in [9.17, 15) is 9.13 Å². The van der Waals surface area contributed by atoms with E-state index in [1.807, 2.05) is 0 Å². The standard InChI is InChI=1S/C20H44O6P2/c1-5-9-13-19(7-3)17-25-28(24,16-12-11-15-27(21,22)23)26-18-20(8-4)14-10-6-2/h19-20H,5-18H2,1-4H3,(H2,21,22,23). The summed E-state index contributed by atoms with van der Waals surface area (Å²) in [4.78, 5) is 18.0. The van der Waals surface area contributed by atoms with Gasteiger partial charge in [-0.1, -0.05) is 66.2 Å². The zero-order valence-corrected chi connectivity index (χ0v) is 20.3. The minimum atomic E-state index is -4.02. The van der Waals surface area contributed by atoms with E-state index < -0.39 is 15.2 Å². The summed E-state index contributed by atoms with van der Waals surface area (Å²) in [6.45, 7) is 9.41. The molecule has 0 spiro atoms. The van der Waals surface area contributed by atoms with Crippen LogP contribution in [0.2, 0.25) is 0 Å². The maximum absolute atomic E-state index is 13.3. The van der Waals surface area contributed by atoms with Gasteiger partial charge in [0.2, 0.25) is 0 Å². The molecule has 0 aromatic carbocycles. The van der Waals surface area contributed by atoms with Crippen molar-refractivity contribution in [3.63, 3.8) is 0 Å². The normalized spacial score (nSPS) is 16.6. The minimum Gasteiger partial charge on any atom is -0.324 e. The first-order valence-electron chi connectivity index (χ1n) is 11.1. The number of rotatable bonds is 19. The monoisotopic (exact) mass is 442 g/mol. The third-order valence-electron chi connectivity index (χ3n) is 5.23. The summed E-state index contributed by atoms with van der Waals surface area (Å²) >= 11 is 0. The summed E-state index contributed by atoms with van der Waals surface area (Å²) < 4.78 is 36.0. The maximum Gasteiger partial charge on any atom is 0.330 e. The van der Waals surface area contributed by atoms with Gasteiger partial charge in [-0.3, -0.25) is 9.13 Å². The maximum atomic E-state index is 13.3. The molecule has 0 amide bonds. The van der Waals surface area contributed by atoms with Gasteiger partial charge in [0.05, 0.1) is 19.4 Å². The lowest BCUT2D eigenvalue weighted by atomic mass is 10.0. The second kappa shape index (κ2) is 16.1. The number of hydrogen-bond acceptors (Lipinski definition) is 4. The van der Waals surface area contributed by atoms with Crippen LogP contribution in [-0.2, 0) is 18.2 Å². The van der Waals surface area contributed by atoms with Crippen molar-refractivity contribution in [2.75, 3.05) is 25.5 Å². The molecule has 8 heteroatoms. The van der Waals surface area contributed by atoms with Gasteiger partial charge in [-0.05, 0) is 37.5 Å². The topological polar surface area (TPSA) is 93.1 Å². The van der Waals surface area contributed by atoms with Gasteiger partial charge in [0.1, 0.15) is 0 Å². The molecule has 0 heterocycles. The van der Waals surface area contributed by atoms with E-state index in [1.165, 1.54) is 0 Å². The van der Waals surface area contributed by atoms with Crippen LogP contribution in [0.1, 0.15) is 91.9 Å². The Bertz CT molecular complexity index is 442. The van der Waals surface area contributed by atoms with Crippen LogP contribution >= 0.6 is 15.2 Å². The van der Waals surface area contributed by atoms with Crippen molar-refractivity contribution in [2.24, 2.45) is 11.8 Å². The Hall–Kier alpha value is 0.300. The molecule has 0 aromatic rings. The lowest BCUT2D eigenvalue weighted by Gasteiger charge is -2.24. The molecule has 0 aliphatic rings. The molecule has 2 unspecified atom stereocenters. The van der Waals surface area contributed by atoms with Gasteiger partial charge in [0.25, 0.3) is 0 Å². The van der Waals surface area contributed by atoms with Gasteiger partial charge in [-0.15, -0.1) is 0 Å². The van der Waals surface area contributed by atoms with Gasteiger partial charge in [0.15, 0.2) is 0 Å². The van der Waals surface area contributed by atoms with E-state index in [0.29, 0.717) is 37.9 Å². The highest BCUT2D eigenvalue weighted by Crippen LogP contribution is 2.50. The second-order valence-corrected chi connectivity index (χ2v) is 11.8. The van der Waals surface area contributed by atoms with Crippen molar-refractivity contribution in [3.8, 4) is 0 Å². The smallest absolute Gasteiger partial charge is 0.324 e. The SMILES string of the molecule is CCCCC(CC)COP(=O)(CCCCP(=O)(O)O)OCC(CC)CCCC. The van der Waals surface area contributed by atoms with Crippen LogP contribution in [0.3, 0.4) is 0 Å². The van der Waals surface area contributed by atoms with Crippen LogP contribution in [0.4, 0.5) is 0 Å². The third kappa shape index (κ3) is 15.2. The minimum absolute atomic E-state index is 0.185. The average Bonchev–Trinajstić information content (AvgIpc) is 2.65. The molecule has 2 atom stereocenters. The fraction of sp³-hybridized carbons (Fsp3) is 1.00. The summed E-state index contributed by atoms with van der Waals surface area (Å²) in [5, 5.41) is 0. The summed E-state index contributed by atoms with van der Waals surface area (Å²) in [6, 6.07) is 0. The van der Waals surface area contributed by atoms with Crippen molar-refractivity contribution in [2.45, 2.75) is 91.9 Å². The molecule has 28 heavy (non-hydrogen) atoms. The Morgan fingerprint density at radius 1 is 0.714 bits per heavy atom. The van der Waals surface area contributed by atoms with Gasteiger partial charge in [0, 0.05) is 6.16 Å². The summed E-state index contributed by atoms with van der Waals surface area (Å²) in [6.07, 6.45) is 9.37. The predicted octanol–water partition coefficient (Wildman–Crippen LogP) is 6.60. The Balaban J connectivity index is 4.77. The van der Waals surface area contributed by atoms with E-state index in [2.05, 4.69) is 27.7 Å². The molecule has 0 bridgehead atoms. The molecule has 0 rings (SSSR count). The van der Waals surface area contributed by atoms with Crippen molar-refractivity contribution < 1.29 is 28.0 Å². The average molecular weight is 443 g/mol. The molecule has 0 aliphatic carbocycles. The second-order valence-electron chi connectivity index (χ2n) is 7.85. The van der Waals surface area contributed by atoms with Crippen molar-refractivity contribution in [1.82, 2.24) is 0 Å². The van der Waals surface area contributed by atoms with Crippen LogP contribution in [0, 0.1) is 11.8 Å². The van der Waals surface area contributed by atoms with E-state index >= 15 is 0 Å². The highest BCUT2D eigenvalue weighted by Gasteiger charge is 2.27. The molecule has 0 aliphatic heterocycles. The van der Waals surface area contributed by atoms with Crippen LogP contribution in [0.5, 0.6) is 0 Å². The first-order chi connectivity index (χ1) is 13.2. The summed E-state index contributed by atoms with van der Waals surface area (Å²) in [5.74, 6) is 0.739. The Kier molecular flexibility index (Phi) is 16.2. The third-order valence-corrected chi connectivity index (χ3v) is 8.08. The highest BCUT2D eigenvalue weighted by atomic mass is 31.2. The number of hydrogen-bond donors (Lipinski definition) is 2. The van der Waals surface area contributed by atoms with Gasteiger partial charge in [-0.25, -0.2) is 0 Å². The highest BCUT2D eigenvalue weighted by molar-refractivity contribution is 7.53. The fourth-order valence-corrected chi connectivity index (χ4v) is 5.48. The van der Waals surface area contributed by atoms with E-state index in [4.69, 9.17) is 18.8 Å². The lowest BCUT2D eigenvalue weighted by molar-refractivity contribution is 0.151. The van der Waals surface area contributed by atoms with E-state index in [0.717, 1.165) is 51.4 Å². The molecular weight excluding hydrogens is 398 g/mol. The van der Waals surface area contributed by atoms with Crippen LogP contribution in [0.15, 0.2) is 0 Å². The Labute approximate surface area is 172 Å². The fourth-order valence-electron chi connectivity index (χ4n) is 3.02. The lowest BCUT2D eigenvalue weighted by Crippen LogP contribution is -2.14. The molecular formula is C20H44O6P2. The zero-order valence-electron chi connectivity index (χ0n) is 18.5. The van der Waals surface area contributed by atoms with Crippen molar-refractivity contribution >= 4 is 15.2 Å². The van der Waals surface area contributed by atoms with E-state index in [1.54, 1.807) is 0 Å². The summed E-state index contributed by atoms with van der Waals surface area (Å²) in [5.41, 5.74) is 0. The summed E-state index contributed by atoms with van der Waals surface area (Å²) in [7, 11) is -7.27. The molecule has 0 aromatic heterocycles. The number of unbranched alkanes of at least 4 members (excludes halogenated alkanes) is 3.